The number of Topliss-reactive ketones (excluding diaryl/α,β-unsaturated/α-hetero) is 1. The summed E-state index contributed by atoms with van der Waals surface area (Å²) in [7, 11) is 0. The molecule has 9 heteroatoms. The van der Waals surface area contributed by atoms with Crippen molar-refractivity contribution in [1.82, 2.24) is 10.2 Å². The second-order valence-electron chi connectivity index (χ2n) is 21.6. The Bertz CT molecular complexity index is 2060. The molecule has 10 aliphatic rings. The molecule has 2 aromatic rings. The Morgan fingerprint density at radius 1 is 0.831 bits per heavy atom. The van der Waals surface area contributed by atoms with E-state index in [4.69, 9.17) is 0 Å². The van der Waals surface area contributed by atoms with Crippen molar-refractivity contribution < 1.29 is 33.0 Å². The van der Waals surface area contributed by atoms with Crippen LogP contribution in [-0.4, -0.2) is 51.7 Å². The number of hydrogen-bond acceptors (Lipinski definition) is 4. The number of fused-ring (bicyclic) bond motifs is 1. The average molecular weight is 811 g/mol. The third kappa shape index (κ3) is 5.85. The van der Waals surface area contributed by atoms with Crippen molar-refractivity contribution >= 4 is 11.8 Å². The zero-order valence-electron chi connectivity index (χ0n) is 34.9. The molecule has 0 saturated heterocycles. The Balaban J connectivity index is 1.03. The number of amides is 2. The Morgan fingerprint density at radius 3 is 2.15 bits per heavy atom. The molecular weight excluding hydrogens is 750 g/mol. The first-order valence-electron chi connectivity index (χ1n) is 22.6. The van der Waals surface area contributed by atoms with Gasteiger partial charge in [0.05, 0.1) is 29.9 Å². The van der Waals surface area contributed by atoms with Gasteiger partial charge in [0.25, 0.3) is 0 Å². The van der Waals surface area contributed by atoms with Crippen molar-refractivity contribution in [3.05, 3.63) is 95.1 Å². The normalized spacial score (nSPS) is 43.0. The molecule has 7 saturated carbocycles. The van der Waals surface area contributed by atoms with E-state index in [0.717, 1.165) is 49.8 Å². The van der Waals surface area contributed by atoms with Crippen molar-refractivity contribution in [3.63, 3.8) is 0 Å². The third-order valence-electron chi connectivity index (χ3n) is 18.5. The maximum absolute atomic E-state index is 15.0. The highest BCUT2D eigenvalue weighted by Crippen LogP contribution is 2.78. The predicted molar refractivity (Wildman–Crippen MR) is 220 cm³/mol. The highest BCUT2D eigenvalue weighted by Gasteiger charge is 2.74. The minimum atomic E-state index is -4.60. The van der Waals surface area contributed by atoms with Crippen molar-refractivity contribution in [1.29, 1.82) is 0 Å². The number of nitrogens with one attached hydrogen (secondary N) is 1. The Kier molecular flexibility index (Phi) is 8.94. The lowest BCUT2D eigenvalue weighted by Crippen LogP contribution is -2.67. The summed E-state index contributed by atoms with van der Waals surface area (Å²) in [6, 6.07) is 14.4. The smallest absolute Gasteiger partial charge is 0.393 e. The van der Waals surface area contributed by atoms with E-state index < -0.39 is 45.5 Å². The molecule has 3 N–H and O–H groups in total. The summed E-state index contributed by atoms with van der Waals surface area (Å²) in [6.45, 7) is 7.29. The molecule has 2 aromatic carbocycles. The van der Waals surface area contributed by atoms with Gasteiger partial charge in [-0.2, -0.15) is 13.2 Å². The first-order chi connectivity index (χ1) is 27.9. The van der Waals surface area contributed by atoms with Gasteiger partial charge in [0.2, 0.25) is 0 Å². The molecule has 6 nitrogen and oxygen atoms in total. The van der Waals surface area contributed by atoms with Crippen molar-refractivity contribution in [3.8, 4) is 0 Å². The molecular formula is C50H61F3N2O4. The molecule has 6 bridgehead atoms. The molecule has 7 fully saturated rings. The fourth-order valence-corrected chi connectivity index (χ4v) is 16.1. The van der Waals surface area contributed by atoms with Gasteiger partial charge in [-0.15, -0.1) is 0 Å². The molecule has 12 rings (SSSR count). The molecule has 0 aliphatic heterocycles. The summed E-state index contributed by atoms with van der Waals surface area (Å²) in [4.78, 5) is 31.7. The van der Waals surface area contributed by atoms with E-state index >= 15 is 4.79 Å². The van der Waals surface area contributed by atoms with Crippen molar-refractivity contribution in [2.24, 2.45) is 56.7 Å². The van der Waals surface area contributed by atoms with Crippen LogP contribution in [-0.2, 0) is 6.18 Å². The maximum Gasteiger partial charge on any atom is 0.416 e. The van der Waals surface area contributed by atoms with E-state index in [9.17, 15) is 28.2 Å². The summed E-state index contributed by atoms with van der Waals surface area (Å²) >= 11 is 0. The summed E-state index contributed by atoms with van der Waals surface area (Å²) in [6.07, 6.45) is 13.0. The number of carbonyl (C=O) groups excluding carboxylic acids is 2. The number of hydrogen-bond donors (Lipinski definition) is 3. The molecule has 59 heavy (non-hydrogen) atoms. The lowest BCUT2D eigenvalue weighted by atomic mass is 9.32. The van der Waals surface area contributed by atoms with Gasteiger partial charge in [-0.05, 0) is 149 Å². The van der Waals surface area contributed by atoms with E-state index in [2.05, 4.69) is 37.4 Å². The maximum atomic E-state index is 15.0. The molecule has 2 amide bonds. The van der Waals surface area contributed by atoms with Crippen LogP contribution in [0.1, 0.15) is 132 Å². The largest absolute Gasteiger partial charge is 0.416 e. The Labute approximate surface area is 347 Å². The summed E-state index contributed by atoms with van der Waals surface area (Å²) < 4.78 is 42.1. The van der Waals surface area contributed by atoms with Gasteiger partial charge in [-0.25, -0.2) is 4.79 Å². The van der Waals surface area contributed by atoms with E-state index in [1.165, 1.54) is 31.4 Å². The van der Waals surface area contributed by atoms with E-state index in [1.54, 1.807) is 0 Å². The second-order valence-corrected chi connectivity index (χ2v) is 21.6. The number of allylic oxidation sites excluding steroid dienone is 4. The fraction of sp³-hybridized carbons (Fsp3) is 0.640. The van der Waals surface area contributed by atoms with Gasteiger partial charge < -0.3 is 20.4 Å². The fourth-order valence-electron chi connectivity index (χ4n) is 16.1. The number of halogens is 3. The highest BCUT2D eigenvalue weighted by molar-refractivity contribution is 6.10. The molecule has 0 aromatic heterocycles. The van der Waals surface area contributed by atoms with Gasteiger partial charge in [-0.1, -0.05) is 74.5 Å². The quantitative estimate of drug-likeness (QED) is 0.183. The molecule has 0 heterocycles. The van der Waals surface area contributed by atoms with Gasteiger partial charge in [0.15, 0.2) is 5.78 Å². The summed E-state index contributed by atoms with van der Waals surface area (Å²) in [5.74, 6) is 1.53. The highest BCUT2D eigenvalue weighted by atomic mass is 19.4. The zero-order valence-corrected chi connectivity index (χ0v) is 34.9. The molecule has 2 spiro atoms. The van der Waals surface area contributed by atoms with Crippen LogP contribution in [0, 0.1) is 56.7 Å². The van der Waals surface area contributed by atoms with E-state index in [0.29, 0.717) is 62.0 Å². The first kappa shape index (κ1) is 39.7. The number of ketones is 1. The van der Waals surface area contributed by atoms with Gasteiger partial charge in [0.1, 0.15) is 0 Å². The van der Waals surface area contributed by atoms with Crippen LogP contribution < -0.4 is 5.32 Å². The van der Waals surface area contributed by atoms with Crippen molar-refractivity contribution in [2.45, 2.75) is 128 Å². The number of benzene rings is 2. The molecule has 0 radical (unpaired) electrons. The predicted octanol–water partition coefficient (Wildman–Crippen LogP) is 10.5. The Morgan fingerprint density at radius 2 is 1.47 bits per heavy atom. The molecule has 316 valence electrons. The summed E-state index contributed by atoms with van der Waals surface area (Å²) in [5, 5.41) is 27.9. The average Bonchev–Trinajstić information content (AvgIpc) is 3.46. The third-order valence-corrected chi connectivity index (χ3v) is 18.5. The van der Waals surface area contributed by atoms with E-state index in [-0.39, 0.29) is 46.8 Å². The number of carbonyl (C=O) groups is 2. The van der Waals surface area contributed by atoms with E-state index in [1.807, 2.05) is 42.2 Å². The number of rotatable bonds is 8. The topological polar surface area (TPSA) is 89.9 Å². The van der Waals surface area contributed by atoms with Crippen LogP contribution in [0.4, 0.5) is 18.0 Å². The number of aliphatic hydroxyl groups is 2. The van der Waals surface area contributed by atoms with Crippen LogP contribution in [0.15, 0.2) is 78.4 Å². The monoisotopic (exact) mass is 810 g/mol. The number of nitrogens with zero attached hydrogens (tertiary/aromatic N) is 1. The number of urea groups is 1. The van der Waals surface area contributed by atoms with Gasteiger partial charge in [0, 0.05) is 33.9 Å². The zero-order chi connectivity index (χ0) is 41.4. The minimum absolute atomic E-state index is 0.000762. The van der Waals surface area contributed by atoms with Gasteiger partial charge in [-0.3, -0.25) is 4.79 Å². The van der Waals surface area contributed by atoms with Crippen LogP contribution in [0.25, 0.3) is 0 Å². The van der Waals surface area contributed by atoms with Gasteiger partial charge >= 0.3 is 12.2 Å². The van der Waals surface area contributed by atoms with Crippen LogP contribution in [0.2, 0.25) is 0 Å². The Hall–Kier alpha value is -3.43. The molecule has 10 aliphatic carbocycles. The number of aliphatic hydroxyl groups excluding tert-OH is 1. The van der Waals surface area contributed by atoms with Crippen LogP contribution >= 0.6 is 0 Å². The molecule has 9 unspecified atom stereocenters. The van der Waals surface area contributed by atoms with Crippen molar-refractivity contribution in [2.75, 3.05) is 13.1 Å². The SMILES string of the molecule is CC(NC(=O)N(CC12CC3CC(CC(C3)C1)C2)CC1(O)CCC2C34C=CC5(C=C3C(=O)c3cccc(C(F)(F)F)c3)CC(O)CCC5(C)C4CCC21C)c1ccccc1. The van der Waals surface area contributed by atoms with Crippen LogP contribution in [0.5, 0.6) is 0 Å². The molecule has 9 atom stereocenters. The summed E-state index contributed by atoms with van der Waals surface area (Å²) in [5.41, 5.74) is -2.92. The lowest BCUT2D eigenvalue weighted by molar-refractivity contribution is -0.176. The van der Waals surface area contributed by atoms with Crippen LogP contribution in [0.3, 0.4) is 0 Å². The second kappa shape index (κ2) is 13.3. The number of alkyl halides is 3. The lowest BCUT2D eigenvalue weighted by Gasteiger charge is -2.71. The minimum Gasteiger partial charge on any atom is -0.393 e. The first-order valence-corrected chi connectivity index (χ1v) is 22.6. The standard InChI is InChI=1S/C50H61F3N2O4/c1-31(35-8-5-4-6-9-35)54-43(58)55(29-46-24-32-20-33(25-46)22-34(21-32)26-46)30-48(59)17-14-41-45(48,3)16-13-40-44(2)15-12-38(56)27-47(44)18-19-49(40,41)39(28-47)42(57)36-10-7-11-37(23-36)50(51,52)53/h4-11,18-19,23,28,31-34,38,40-41,56,59H,12-17,20-22,24-27,29-30H2,1-3H3,(H,54,58).